The van der Waals surface area contributed by atoms with Crippen LogP contribution in [-0.2, 0) is 10.0 Å². The summed E-state index contributed by atoms with van der Waals surface area (Å²) in [6, 6.07) is 7.81. The van der Waals surface area contributed by atoms with Crippen LogP contribution in [0.15, 0.2) is 35.5 Å². The maximum absolute atomic E-state index is 12.4. The van der Waals surface area contributed by atoms with E-state index in [0.717, 1.165) is 36.6 Å². The van der Waals surface area contributed by atoms with Gasteiger partial charge < -0.3 is 4.57 Å². The summed E-state index contributed by atoms with van der Waals surface area (Å²) >= 11 is 6.20. The van der Waals surface area contributed by atoms with E-state index in [9.17, 15) is 13.7 Å². The van der Waals surface area contributed by atoms with Crippen molar-refractivity contribution in [1.29, 1.82) is 5.26 Å². The van der Waals surface area contributed by atoms with Crippen molar-refractivity contribution in [3.8, 4) is 17.6 Å². The summed E-state index contributed by atoms with van der Waals surface area (Å²) in [4.78, 5) is 8.68. The lowest BCUT2D eigenvalue weighted by molar-refractivity contribution is 0.538. The second-order valence-electron chi connectivity index (χ2n) is 7.82. The van der Waals surface area contributed by atoms with Crippen molar-refractivity contribution < 1.29 is 8.42 Å². The molecule has 156 valence electrons. The molecule has 0 bridgehead atoms. The molecule has 7 nitrogen and oxygen atoms in total. The minimum atomic E-state index is -3.69. The molecular formula is C21H22ClN5O2S. The topological polar surface area (TPSA) is 101 Å². The SMILES string of the molecule is CC(C)NS(=O)(=O)c1cnc(-c2c(C#N)c3cc(Cl)ccc3n2C2CCCC2)nc1. The Kier molecular flexibility index (Phi) is 5.53. The van der Waals surface area contributed by atoms with Gasteiger partial charge in [0.2, 0.25) is 10.0 Å². The Morgan fingerprint density at radius 1 is 1.23 bits per heavy atom. The number of nitrogens with one attached hydrogen (secondary N) is 1. The molecule has 0 spiro atoms. The van der Waals surface area contributed by atoms with Gasteiger partial charge in [0.1, 0.15) is 16.7 Å². The smallest absolute Gasteiger partial charge is 0.243 e. The molecule has 2 aromatic heterocycles. The molecule has 0 amide bonds. The summed E-state index contributed by atoms with van der Waals surface area (Å²) in [5.41, 5.74) is 1.98. The van der Waals surface area contributed by atoms with Crippen molar-refractivity contribution in [2.45, 2.75) is 56.5 Å². The van der Waals surface area contributed by atoms with E-state index in [4.69, 9.17) is 11.6 Å². The summed E-state index contributed by atoms with van der Waals surface area (Å²) in [6.07, 6.45) is 6.84. The number of fused-ring (bicyclic) bond motifs is 1. The van der Waals surface area contributed by atoms with Crippen LogP contribution in [0.5, 0.6) is 0 Å². The quantitative estimate of drug-likeness (QED) is 0.628. The Bertz CT molecular complexity index is 1240. The molecule has 1 aromatic carbocycles. The molecule has 0 saturated heterocycles. The first-order valence-electron chi connectivity index (χ1n) is 9.90. The van der Waals surface area contributed by atoms with Crippen molar-refractivity contribution in [3.05, 3.63) is 41.2 Å². The van der Waals surface area contributed by atoms with Gasteiger partial charge >= 0.3 is 0 Å². The summed E-state index contributed by atoms with van der Waals surface area (Å²) in [6.45, 7) is 3.49. The number of benzene rings is 1. The largest absolute Gasteiger partial charge is 0.334 e. The highest BCUT2D eigenvalue weighted by Crippen LogP contribution is 2.40. The van der Waals surface area contributed by atoms with Crippen LogP contribution in [0.3, 0.4) is 0 Å². The summed E-state index contributed by atoms with van der Waals surface area (Å²) < 4.78 is 29.5. The van der Waals surface area contributed by atoms with E-state index in [1.807, 2.05) is 12.1 Å². The molecule has 0 unspecified atom stereocenters. The second kappa shape index (κ2) is 7.99. The first-order chi connectivity index (χ1) is 14.3. The molecule has 1 aliphatic carbocycles. The first kappa shape index (κ1) is 20.8. The van der Waals surface area contributed by atoms with Gasteiger partial charge in [0, 0.05) is 22.5 Å². The van der Waals surface area contributed by atoms with Gasteiger partial charge in [0.15, 0.2) is 5.82 Å². The van der Waals surface area contributed by atoms with E-state index in [1.54, 1.807) is 19.9 Å². The number of halogens is 1. The van der Waals surface area contributed by atoms with Crippen LogP contribution >= 0.6 is 11.6 Å². The van der Waals surface area contributed by atoms with Gasteiger partial charge in [-0.2, -0.15) is 5.26 Å². The van der Waals surface area contributed by atoms with Crippen LogP contribution < -0.4 is 4.72 Å². The predicted molar refractivity (Wildman–Crippen MR) is 116 cm³/mol. The fourth-order valence-corrected chi connectivity index (χ4v) is 5.43. The number of sulfonamides is 1. The van der Waals surface area contributed by atoms with Crippen LogP contribution in [0.4, 0.5) is 0 Å². The summed E-state index contributed by atoms with van der Waals surface area (Å²) in [7, 11) is -3.69. The highest BCUT2D eigenvalue weighted by molar-refractivity contribution is 7.89. The molecule has 30 heavy (non-hydrogen) atoms. The molecule has 9 heteroatoms. The number of aromatic nitrogens is 3. The lowest BCUT2D eigenvalue weighted by Crippen LogP contribution is -2.30. The third-order valence-electron chi connectivity index (χ3n) is 5.31. The molecule has 0 radical (unpaired) electrons. The van der Waals surface area contributed by atoms with E-state index in [2.05, 4.69) is 25.3 Å². The van der Waals surface area contributed by atoms with Crippen LogP contribution in [0.2, 0.25) is 5.02 Å². The van der Waals surface area contributed by atoms with Gasteiger partial charge in [-0.15, -0.1) is 0 Å². The lowest BCUT2D eigenvalue weighted by Gasteiger charge is -2.17. The second-order valence-corrected chi connectivity index (χ2v) is 9.97. The molecule has 1 aliphatic rings. The summed E-state index contributed by atoms with van der Waals surface area (Å²) in [5.74, 6) is 0.328. The summed E-state index contributed by atoms with van der Waals surface area (Å²) in [5, 5.41) is 11.3. The number of nitrogens with zero attached hydrogens (tertiary/aromatic N) is 4. The molecule has 2 heterocycles. The van der Waals surface area contributed by atoms with Crippen LogP contribution in [0, 0.1) is 11.3 Å². The molecule has 3 aromatic rings. The van der Waals surface area contributed by atoms with Gasteiger partial charge in [0.25, 0.3) is 0 Å². The van der Waals surface area contributed by atoms with Crippen LogP contribution in [0.25, 0.3) is 22.4 Å². The van der Waals surface area contributed by atoms with E-state index < -0.39 is 10.0 Å². The Labute approximate surface area is 180 Å². The predicted octanol–water partition coefficient (Wildman–Crippen LogP) is 4.43. The van der Waals surface area contributed by atoms with Crippen molar-refractivity contribution >= 4 is 32.5 Å². The minimum Gasteiger partial charge on any atom is -0.334 e. The zero-order valence-electron chi connectivity index (χ0n) is 16.8. The lowest BCUT2D eigenvalue weighted by atomic mass is 10.1. The minimum absolute atomic E-state index is 0.00923. The fourth-order valence-electron chi connectivity index (χ4n) is 4.12. The molecule has 1 N–H and O–H groups in total. The van der Waals surface area contributed by atoms with E-state index in [-0.39, 0.29) is 17.0 Å². The monoisotopic (exact) mass is 443 g/mol. The number of hydrogen-bond acceptors (Lipinski definition) is 5. The maximum Gasteiger partial charge on any atom is 0.243 e. The Morgan fingerprint density at radius 3 is 2.50 bits per heavy atom. The molecule has 1 saturated carbocycles. The highest BCUT2D eigenvalue weighted by Gasteiger charge is 2.28. The van der Waals surface area contributed by atoms with Crippen LogP contribution in [0.1, 0.15) is 51.1 Å². The standard InChI is InChI=1S/C21H22ClN5O2S/c1-13(2)26-30(28,29)16-11-24-21(25-12-16)20-18(10-23)17-9-14(22)7-8-19(17)27(20)15-5-3-4-6-15/h7-9,11-13,15,26H,3-6H2,1-2H3. The molecule has 4 rings (SSSR count). The average molecular weight is 444 g/mol. The van der Waals surface area contributed by atoms with Crippen molar-refractivity contribution in [3.63, 3.8) is 0 Å². The zero-order chi connectivity index (χ0) is 21.5. The third-order valence-corrected chi connectivity index (χ3v) is 7.16. The highest BCUT2D eigenvalue weighted by atomic mass is 35.5. The average Bonchev–Trinajstić information content (AvgIpc) is 3.32. The number of hydrogen-bond donors (Lipinski definition) is 1. The first-order valence-corrected chi connectivity index (χ1v) is 11.8. The Balaban J connectivity index is 1.90. The van der Waals surface area contributed by atoms with E-state index in [1.165, 1.54) is 12.4 Å². The molecule has 0 atom stereocenters. The Morgan fingerprint density at radius 2 is 1.90 bits per heavy atom. The van der Waals surface area contributed by atoms with Crippen LogP contribution in [-0.4, -0.2) is 29.0 Å². The number of rotatable bonds is 5. The Hall–Kier alpha value is -2.47. The third kappa shape index (κ3) is 3.69. The molecular weight excluding hydrogens is 422 g/mol. The van der Waals surface area contributed by atoms with Crippen molar-refractivity contribution in [1.82, 2.24) is 19.3 Å². The zero-order valence-corrected chi connectivity index (χ0v) is 18.3. The van der Waals surface area contributed by atoms with Crippen molar-refractivity contribution in [2.24, 2.45) is 0 Å². The van der Waals surface area contributed by atoms with Gasteiger partial charge in [-0.3, -0.25) is 0 Å². The molecule has 0 aliphatic heterocycles. The maximum atomic E-state index is 12.4. The van der Waals surface area contributed by atoms with E-state index >= 15 is 0 Å². The van der Waals surface area contributed by atoms with Gasteiger partial charge in [-0.25, -0.2) is 23.1 Å². The molecule has 1 fully saturated rings. The van der Waals surface area contributed by atoms with Gasteiger partial charge in [0.05, 0.1) is 23.5 Å². The van der Waals surface area contributed by atoms with E-state index in [0.29, 0.717) is 22.1 Å². The normalized spacial score (nSPS) is 15.2. The number of nitriles is 1. The fraction of sp³-hybridized carbons (Fsp3) is 0.381. The van der Waals surface area contributed by atoms with Crippen molar-refractivity contribution in [2.75, 3.05) is 0 Å². The van der Waals surface area contributed by atoms with Gasteiger partial charge in [-0.05, 0) is 44.9 Å². The van der Waals surface area contributed by atoms with Gasteiger partial charge in [-0.1, -0.05) is 24.4 Å².